The summed E-state index contributed by atoms with van der Waals surface area (Å²) in [5.74, 6) is 0. The highest BCUT2D eigenvalue weighted by Gasteiger charge is 2.27. The van der Waals surface area contributed by atoms with Crippen molar-refractivity contribution in [3.63, 3.8) is 0 Å². The second kappa shape index (κ2) is 1.05. The summed E-state index contributed by atoms with van der Waals surface area (Å²) in [7, 11) is 1.88. The maximum Gasteiger partial charge on any atom is 0.0499 e. The molecule has 0 aromatic heterocycles. The minimum Gasteiger partial charge on any atom is -0.312 e. The molecule has 1 atom stereocenters. The molecule has 2 N–H and O–H groups in total. The van der Waals surface area contributed by atoms with Gasteiger partial charge in [-0.25, -0.2) is 0 Å². The van der Waals surface area contributed by atoms with Crippen molar-refractivity contribution in [2.24, 2.45) is 0 Å². The second-order valence-electron chi connectivity index (χ2n) is 1.57. The van der Waals surface area contributed by atoms with Crippen LogP contribution in [0.25, 0.3) is 0 Å². The van der Waals surface area contributed by atoms with E-state index in [2.05, 4.69) is 5.32 Å². The molecular formula is C4H8N2. The number of rotatable bonds is 1. The Morgan fingerprint density at radius 3 is 2.50 bits per heavy atom. The van der Waals surface area contributed by atoms with E-state index in [0.29, 0.717) is 6.04 Å². The molecule has 0 spiro atoms. The SMILES string of the molecule is CNC1CC1=N. The van der Waals surface area contributed by atoms with Gasteiger partial charge in [0.25, 0.3) is 0 Å². The highest BCUT2D eigenvalue weighted by atomic mass is 14.9. The van der Waals surface area contributed by atoms with Gasteiger partial charge in [-0.1, -0.05) is 0 Å². The van der Waals surface area contributed by atoms with Gasteiger partial charge in [-0.2, -0.15) is 0 Å². The third-order valence-corrected chi connectivity index (χ3v) is 1.03. The molecule has 1 unspecified atom stereocenters. The molecule has 0 aromatic carbocycles. The molecule has 2 nitrogen and oxygen atoms in total. The van der Waals surface area contributed by atoms with Gasteiger partial charge >= 0.3 is 0 Å². The summed E-state index contributed by atoms with van der Waals surface area (Å²) in [6.07, 6.45) is 0.969. The Balaban J connectivity index is 2.26. The van der Waals surface area contributed by atoms with Crippen LogP contribution < -0.4 is 5.32 Å². The summed E-state index contributed by atoms with van der Waals surface area (Å²) in [5.41, 5.74) is 0.845. The number of nitrogens with one attached hydrogen (secondary N) is 2. The highest BCUT2D eigenvalue weighted by molar-refractivity contribution is 6.02. The van der Waals surface area contributed by atoms with Crippen LogP contribution in [0.5, 0.6) is 0 Å². The molecule has 0 heterocycles. The minimum atomic E-state index is 0.435. The van der Waals surface area contributed by atoms with Crippen molar-refractivity contribution in [1.29, 1.82) is 5.41 Å². The average molecular weight is 84.1 g/mol. The lowest BCUT2D eigenvalue weighted by molar-refractivity contribution is 0.842. The van der Waals surface area contributed by atoms with Gasteiger partial charge in [0.2, 0.25) is 0 Å². The molecule has 1 saturated carbocycles. The Hall–Kier alpha value is -0.370. The molecule has 0 saturated heterocycles. The van der Waals surface area contributed by atoms with E-state index >= 15 is 0 Å². The first-order valence-electron chi connectivity index (χ1n) is 2.09. The smallest absolute Gasteiger partial charge is 0.0499 e. The van der Waals surface area contributed by atoms with Crippen LogP contribution in [0.3, 0.4) is 0 Å². The lowest BCUT2D eigenvalue weighted by atomic mass is 10.7. The predicted molar refractivity (Wildman–Crippen MR) is 25.2 cm³/mol. The molecule has 0 bridgehead atoms. The maximum absolute atomic E-state index is 6.91. The van der Waals surface area contributed by atoms with E-state index in [-0.39, 0.29) is 0 Å². The monoisotopic (exact) mass is 84.1 g/mol. The molecule has 0 amide bonds. The Morgan fingerprint density at radius 1 is 2.00 bits per heavy atom. The lowest BCUT2D eigenvalue weighted by Crippen LogP contribution is -2.09. The molecule has 0 radical (unpaired) electrons. The van der Waals surface area contributed by atoms with Crippen molar-refractivity contribution in [2.45, 2.75) is 12.5 Å². The van der Waals surface area contributed by atoms with Gasteiger partial charge in [-0.05, 0) is 7.05 Å². The van der Waals surface area contributed by atoms with Crippen LogP contribution in [0.1, 0.15) is 6.42 Å². The zero-order valence-corrected chi connectivity index (χ0v) is 3.78. The molecule has 1 rings (SSSR count). The van der Waals surface area contributed by atoms with Gasteiger partial charge in [-0.3, -0.25) is 0 Å². The van der Waals surface area contributed by atoms with Gasteiger partial charge in [-0.15, -0.1) is 0 Å². The number of hydrogen-bond donors (Lipinski definition) is 2. The minimum absolute atomic E-state index is 0.435. The number of hydrogen-bond acceptors (Lipinski definition) is 2. The molecule has 1 fully saturated rings. The Labute approximate surface area is 37.1 Å². The third kappa shape index (κ3) is 0.431. The van der Waals surface area contributed by atoms with Gasteiger partial charge in [0, 0.05) is 18.2 Å². The zero-order chi connectivity index (χ0) is 4.57. The van der Waals surface area contributed by atoms with Crippen LogP contribution in [-0.4, -0.2) is 18.8 Å². The second-order valence-corrected chi connectivity index (χ2v) is 1.57. The predicted octanol–water partition coefficient (Wildman–Crippen LogP) is -0.00213. The van der Waals surface area contributed by atoms with Crippen molar-refractivity contribution < 1.29 is 0 Å². The first kappa shape index (κ1) is 3.81. The third-order valence-electron chi connectivity index (χ3n) is 1.03. The van der Waals surface area contributed by atoms with Crippen molar-refractivity contribution >= 4 is 5.71 Å². The van der Waals surface area contributed by atoms with Crippen LogP contribution in [0.15, 0.2) is 0 Å². The first-order valence-corrected chi connectivity index (χ1v) is 2.09. The standard InChI is InChI=1S/C4H8N2/c1-6-4-2-3(4)5/h4-6H,2H2,1H3. The van der Waals surface area contributed by atoms with Gasteiger partial charge in [0.1, 0.15) is 0 Å². The summed E-state index contributed by atoms with van der Waals surface area (Å²) < 4.78 is 0. The maximum atomic E-state index is 6.91. The van der Waals surface area contributed by atoms with E-state index in [4.69, 9.17) is 5.41 Å². The fraction of sp³-hybridized carbons (Fsp3) is 0.750. The van der Waals surface area contributed by atoms with Gasteiger partial charge < -0.3 is 10.7 Å². The van der Waals surface area contributed by atoms with Gasteiger partial charge in [0.15, 0.2) is 0 Å². The molecule has 0 aromatic rings. The zero-order valence-electron chi connectivity index (χ0n) is 3.78. The van der Waals surface area contributed by atoms with Crippen molar-refractivity contribution in [2.75, 3.05) is 7.05 Å². The largest absolute Gasteiger partial charge is 0.312 e. The molecule has 0 aliphatic heterocycles. The summed E-state index contributed by atoms with van der Waals surface area (Å²) in [6, 6.07) is 0.435. The average Bonchev–Trinajstić information content (AvgIpc) is 2.19. The molecule has 34 valence electrons. The first-order chi connectivity index (χ1) is 2.84. The van der Waals surface area contributed by atoms with E-state index < -0.39 is 0 Å². The van der Waals surface area contributed by atoms with Gasteiger partial charge in [0.05, 0.1) is 0 Å². The van der Waals surface area contributed by atoms with Crippen LogP contribution in [-0.2, 0) is 0 Å². The Bertz CT molecular complexity index is 77.6. The Kier molecular flexibility index (Phi) is 0.665. The molecule has 2 heteroatoms. The molecule has 1 aliphatic carbocycles. The lowest BCUT2D eigenvalue weighted by Gasteiger charge is -1.80. The molecule has 1 aliphatic rings. The van der Waals surface area contributed by atoms with E-state index in [1.54, 1.807) is 0 Å². The van der Waals surface area contributed by atoms with Crippen LogP contribution in [0.4, 0.5) is 0 Å². The molecular weight excluding hydrogens is 76.1 g/mol. The fourth-order valence-corrected chi connectivity index (χ4v) is 0.437. The fourth-order valence-electron chi connectivity index (χ4n) is 0.437. The quantitative estimate of drug-likeness (QED) is 0.461. The van der Waals surface area contributed by atoms with E-state index in [1.807, 2.05) is 7.05 Å². The van der Waals surface area contributed by atoms with Crippen molar-refractivity contribution in [1.82, 2.24) is 5.32 Å². The van der Waals surface area contributed by atoms with Crippen LogP contribution in [0, 0.1) is 5.41 Å². The van der Waals surface area contributed by atoms with Crippen LogP contribution in [0.2, 0.25) is 0 Å². The Morgan fingerprint density at radius 2 is 2.50 bits per heavy atom. The molecule has 6 heavy (non-hydrogen) atoms. The van der Waals surface area contributed by atoms with Crippen molar-refractivity contribution in [3.8, 4) is 0 Å². The van der Waals surface area contributed by atoms with E-state index in [0.717, 1.165) is 12.1 Å². The topological polar surface area (TPSA) is 35.9 Å². The summed E-state index contributed by atoms with van der Waals surface area (Å²) >= 11 is 0. The summed E-state index contributed by atoms with van der Waals surface area (Å²) in [6.45, 7) is 0. The van der Waals surface area contributed by atoms with Crippen LogP contribution >= 0.6 is 0 Å². The summed E-state index contributed by atoms with van der Waals surface area (Å²) in [4.78, 5) is 0. The highest BCUT2D eigenvalue weighted by Crippen LogP contribution is 2.11. The normalized spacial score (nSPS) is 30.8. The van der Waals surface area contributed by atoms with E-state index in [1.165, 1.54) is 0 Å². The van der Waals surface area contributed by atoms with E-state index in [9.17, 15) is 0 Å². The van der Waals surface area contributed by atoms with Crippen molar-refractivity contribution in [3.05, 3.63) is 0 Å². The summed E-state index contributed by atoms with van der Waals surface area (Å²) in [5, 5.41) is 9.87.